The smallest absolute Gasteiger partial charge is 0.125 e. The zero-order valence-corrected chi connectivity index (χ0v) is 7.55. The molecule has 1 rings (SSSR count). The molecule has 0 saturated carbocycles. The largest absolute Gasteiger partial charge is 0.397 e. The number of halogens is 1. The third-order valence-corrected chi connectivity index (χ3v) is 1.75. The highest BCUT2D eigenvalue weighted by atomic mass is 19.1. The highest BCUT2D eigenvalue weighted by Crippen LogP contribution is 2.19. The molecule has 3 N–H and O–H groups in total. The van der Waals surface area contributed by atoms with Crippen LogP contribution in [0.4, 0.5) is 15.8 Å². The maximum atomic E-state index is 12.6. The van der Waals surface area contributed by atoms with E-state index in [9.17, 15) is 4.39 Å². The van der Waals surface area contributed by atoms with Gasteiger partial charge in [0.05, 0.1) is 11.4 Å². The Bertz CT molecular complexity index is 310. The molecule has 0 aliphatic heterocycles. The summed E-state index contributed by atoms with van der Waals surface area (Å²) in [6.07, 6.45) is 1.75. The molecule has 0 aromatic heterocycles. The van der Waals surface area contributed by atoms with Crippen molar-refractivity contribution in [2.45, 2.75) is 13.0 Å². The molecule has 70 valence electrons. The molecule has 0 bridgehead atoms. The van der Waals surface area contributed by atoms with Crippen molar-refractivity contribution in [2.24, 2.45) is 0 Å². The summed E-state index contributed by atoms with van der Waals surface area (Å²) in [6, 6.07) is 4.39. The van der Waals surface area contributed by atoms with Crippen molar-refractivity contribution in [1.82, 2.24) is 0 Å². The van der Waals surface area contributed by atoms with Crippen molar-refractivity contribution in [1.29, 1.82) is 0 Å². The first-order valence-electron chi connectivity index (χ1n) is 4.07. The van der Waals surface area contributed by atoms with E-state index in [0.29, 0.717) is 5.69 Å². The first-order chi connectivity index (χ1) is 6.13. The number of hydrogen-bond acceptors (Lipinski definition) is 2. The van der Waals surface area contributed by atoms with E-state index in [2.05, 4.69) is 11.9 Å². The van der Waals surface area contributed by atoms with E-state index in [1.807, 2.05) is 6.92 Å². The molecule has 0 fully saturated rings. The Kier molecular flexibility index (Phi) is 2.90. The van der Waals surface area contributed by atoms with Crippen LogP contribution in [0, 0.1) is 5.82 Å². The molecule has 1 aromatic carbocycles. The van der Waals surface area contributed by atoms with Crippen molar-refractivity contribution in [3.8, 4) is 0 Å². The van der Waals surface area contributed by atoms with E-state index in [4.69, 9.17) is 5.73 Å². The summed E-state index contributed by atoms with van der Waals surface area (Å²) in [5.41, 5.74) is 6.73. The molecule has 0 aliphatic rings. The lowest BCUT2D eigenvalue weighted by Crippen LogP contribution is -2.12. The van der Waals surface area contributed by atoms with Crippen molar-refractivity contribution in [3.05, 3.63) is 36.7 Å². The Hall–Kier alpha value is -1.51. The molecule has 0 saturated heterocycles. The second-order valence-electron chi connectivity index (χ2n) is 2.90. The highest BCUT2D eigenvalue weighted by molar-refractivity contribution is 5.66. The maximum absolute atomic E-state index is 12.6. The lowest BCUT2D eigenvalue weighted by atomic mass is 10.2. The van der Waals surface area contributed by atoms with Crippen LogP contribution in [0.15, 0.2) is 30.9 Å². The number of anilines is 2. The van der Waals surface area contributed by atoms with Crippen LogP contribution in [0.5, 0.6) is 0 Å². The van der Waals surface area contributed by atoms with Crippen LogP contribution < -0.4 is 11.1 Å². The molecule has 1 unspecified atom stereocenters. The van der Waals surface area contributed by atoms with Crippen LogP contribution in [-0.2, 0) is 0 Å². The molecular weight excluding hydrogens is 167 g/mol. The van der Waals surface area contributed by atoms with E-state index < -0.39 is 0 Å². The van der Waals surface area contributed by atoms with Crippen molar-refractivity contribution >= 4 is 11.4 Å². The van der Waals surface area contributed by atoms with Gasteiger partial charge in [-0.1, -0.05) is 6.08 Å². The first-order valence-corrected chi connectivity index (χ1v) is 4.07. The third kappa shape index (κ3) is 2.47. The third-order valence-electron chi connectivity index (χ3n) is 1.75. The predicted octanol–water partition coefficient (Wildman–Crippen LogP) is 2.39. The molecule has 0 heterocycles. The molecule has 1 atom stereocenters. The van der Waals surface area contributed by atoms with Gasteiger partial charge in [0.15, 0.2) is 0 Å². The summed E-state index contributed by atoms with van der Waals surface area (Å²) >= 11 is 0. The van der Waals surface area contributed by atoms with Gasteiger partial charge in [0.2, 0.25) is 0 Å². The van der Waals surface area contributed by atoms with Crippen molar-refractivity contribution in [2.75, 3.05) is 11.1 Å². The average Bonchev–Trinajstić information content (AvgIpc) is 2.09. The Morgan fingerprint density at radius 3 is 2.85 bits per heavy atom. The summed E-state index contributed by atoms with van der Waals surface area (Å²) in [6.45, 7) is 5.57. The minimum atomic E-state index is -0.325. The minimum absolute atomic E-state index is 0.118. The molecule has 0 radical (unpaired) electrons. The van der Waals surface area contributed by atoms with Gasteiger partial charge in [-0.3, -0.25) is 0 Å². The minimum Gasteiger partial charge on any atom is -0.397 e. The molecule has 3 heteroatoms. The standard InChI is InChI=1S/C10H13FN2/c1-3-7(2)13-10-5-4-8(11)6-9(10)12/h3-7,13H,1,12H2,2H3. The van der Waals surface area contributed by atoms with Gasteiger partial charge in [0.25, 0.3) is 0 Å². The monoisotopic (exact) mass is 180 g/mol. The summed E-state index contributed by atoms with van der Waals surface area (Å²) in [5.74, 6) is -0.325. The van der Waals surface area contributed by atoms with E-state index >= 15 is 0 Å². The first kappa shape index (κ1) is 9.58. The van der Waals surface area contributed by atoms with Gasteiger partial charge in [0.1, 0.15) is 5.82 Å². The molecule has 1 aromatic rings. The predicted molar refractivity (Wildman–Crippen MR) is 54.1 cm³/mol. The van der Waals surface area contributed by atoms with Crippen LogP contribution in [0.2, 0.25) is 0 Å². The fraction of sp³-hybridized carbons (Fsp3) is 0.200. The maximum Gasteiger partial charge on any atom is 0.125 e. The lowest BCUT2D eigenvalue weighted by molar-refractivity contribution is 0.628. The number of hydrogen-bond donors (Lipinski definition) is 2. The second-order valence-corrected chi connectivity index (χ2v) is 2.90. The second kappa shape index (κ2) is 3.94. The molecule has 2 nitrogen and oxygen atoms in total. The van der Waals surface area contributed by atoms with Crippen molar-refractivity contribution < 1.29 is 4.39 Å². The van der Waals surface area contributed by atoms with Gasteiger partial charge in [-0.15, -0.1) is 6.58 Å². The van der Waals surface area contributed by atoms with Gasteiger partial charge in [-0.05, 0) is 25.1 Å². The Morgan fingerprint density at radius 2 is 2.31 bits per heavy atom. The van der Waals surface area contributed by atoms with Gasteiger partial charge in [-0.2, -0.15) is 0 Å². The number of nitrogens with two attached hydrogens (primary N) is 1. The summed E-state index contributed by atoms with van der Waals surface area (Å²) < 4.78 is 12.6. The topological polar surface area (TPSA) is 38.0 Å². The number of benzene rings is 1. The van der Waals surface area contributed by atoms with Crippen LogP contribution in [0.3, 0.4) is 0 Å². The molecule has 0 aliphatic carbocycles. The van der Waals surface area contributed by atoms with Crippen LogP contribution in [0.1, 0.15) is 6.92 Å². The SMILES string of the molecule is C=CC(C)Nc1ccc(F)cc1N. The number of rotatable bonds is 3. The van der Waals surface area contributed by atoms with E-state index in [-0.39, 0.29) is 11.9 Å². The lowest BCUT2D eigenvalue weighted by Gasteiger charge is -2.12. The van der Waals surface area contributed by atoms with Crippen molar-refractivity contribution in [3.63, 3.8) is 0 Å². The fourth-order valence-electron chi connectivity index (χ4n) is 0.969. The zero-order valence-electron chi connectivity index (χ0n) is 7.55. The van der Waals surface area contributed by atoms with E-state index in [1.54, 1.807) is 12.1 Å². The number of nitrogens with one attached hydrogen (secondary N) is 1. The zero-order chi connectivity index (χ0) is 9.84. The average molecular weight is 180 g/mol. The van der Waals surface area contributed by atoms with Crippen LogP contribution >= 0.6 is 0 Å². The quantitative estimate of drug-likeness (QED) is 0.553. The van der Waals surface area contributed by atoms with Gasteiger partial charge < -0.3 is 11.1 Å². The van der Waals surface area contributed by atoms with Gasteiger partial charge in [0, 0.05) is 6.04 Å². The Labute approximate surface area is 77.3 Å². The molecular formula is C10H13FN2. The van der Waals surface area contributed by atoms with E-state index in [0.717, 1.165) is 5.69 Å². The summed E-state index contributed by atoms with van der Waals surface area (Å²) in [4.78, 5) is 0. The summed E-state index contributed by atoms with van der Waals surface area (Å²) in [7, 11) is 0. The van der Waals surface area contributed by atoms with E-state index in [1.165, 1.54) is 12.1 Å². The van der Waals surface area contributed by atoms with Crippen LogP contribution in [0.25, 0.3) is 0 Å². The van der Waals surface area contributed by atoms with Crippen LogP contribution in [-0.4, -0.2) is 6.04 Å². The molecule has 13 heavy (non-hydrogen) atoms. The Morgan fingerprint density at radius 1 is 1.62 bits per heavy atom. The van der Waals surface area contributed by atoms with Gasteiger partial charge in [-0.25, -0.2) is 4.39 Å². The number of nitrogen functional groups attached to an aromatic ring is 1. The fourth-order valence-corrected chi connectivity index (χ4v) is 0.969. The normalized spacial score (nSPS) is 12.2. The molecule has 0 spiro atoms. The summed E-state index contributed by atoms with van der Waals surface area (Å²) in [5, 5.41) is 3.08. The highest BCUT2D eigenvalue weighted by Gasteiger charge is 2.01. The van der Waals surface area contributed by atoms with Gasteiger partial charge >= 0.3 is 0 Å². The molecule has 0 amide bonds. The Balaban J connectivity index is 2.83.